The fraction of sp³-hybridized carbons (Fsp3) is 0.0667. The molecule has 3 heteroatoms. The van der Waals surface area contributed by atoms with E-state index in [2.05, 4.69) is 12.0 Å². The number of hydrogen-bond acceptors (Lipinski definition) is 2. The topological polar surface area (TPSA) is 26.3 Å². The van der Waals surface area contributed by atoms with Crippen LogP contribution in [0.25, 0.3) is 0 Å². The van der Waals surface area contributed by atoms with E-state index in [9.17, 15) is 4.21 Å². The SMILES string of the molecule is Cc1ccc(S(=O)OC#Cc2ccccc2)cc1. The van der Waals surface area contributed by atoms with E-state index < -0.39 is 11.1 Å². The van der Waals surface area contributed by atoms with Crippen molar-refractivity contribution in [3.8, 4) is 12.0 Å². The van der Waals surface area contributed by atoms with Gasteiger partial charge >= 0.3 is 0 Å². The van der Waals surface area contributed by atoms with Gasteiger partial charge in [-0.05, 0) is 37.1 Å². The standard InChI is InChI=1S/C15H12O2S/c1-13-7-9-15(10-8-13)18(16)17-12-11-14-5-3-2-4-6-14/h2-10H,1H3. The Hall–Kier alpha value is -2.05. The van der Waals surface area contributed by atoms with Crippen LogP contribution in [0, 0.1) is 19.0 Å². The minimum absolute atomic E-state index is 0.614. The van der Waals surface area contributed by atoms with Gasteiger partial charge in [-0.1, -0.05) is 35.9 Å². The molecule has 0 aliphatic heterocycles. The van der Waals surface area contributed by atoms with Crippen LogP contribution in [0.5, 0.6) is 0 Å². The number of benzene rings is 2. The lowest BCUT2D eigenvalue weighted by atomic mass is 10.2. The highest BCUT2D eigenvalue weighted by atomic mass is 32.2. The monoisotopic (exact) mass is 256 g/mol. The molecule has 2 rings (SSSR count). The van der Waals surface area contributed by atoms with Gasteiger partial charge in [0.2, 0.25) is 11.1 Å². The molecule has 90 valence electrons. The minimum atomic E-state index is -1.54. The predicted octanol–water partition coefficient (Wildman–Crippen LogP) is 3.04. The second kappa shape index (κ2) is 6.04. The van der Waals surface area contributed by atoms with Crippen LogP contribution < -0.4 is 0 Å². The maximum absolute atomic E-state index is 11.7. The Morgan fingerprint density at radius 1 is 1.00 bits per heavy atom. The molecule has 0 radical (unpaired) electrons. The maximum Gasteiger partial charge on any atom is 0.249 e. The summed E-state index contributed by atoms with van der Waals surface area (Å²) in [5.41, 5.74) is 1.95. The zero-order chi connectivity index (χ0) is 12.8. The first-order valence-electron chi connectivity index (χ1n) is 5.47. The molecule has 18 heavy (non-hydrogen) atoms. The summed E-state index contributed by atoms with van der Waals surface area (Å²) in [4.78, 5) is 0.614. The van der Waals surface area contributed by atoms with Gasteiger partial charge in [0.1, 0.15) is 6.11 Å². The van der Waals surface area contributed by atoms with Crippen LogP contribution in [-0.2, 0) is 15.3 Å². The highest BCUT2D eigenvalue weighted by Crippen LogP contribution is 2.08. The van der Waals surface area contributed by atoms with Crippen molar-refractivity contribution >= 4 is 11.1 Å². The van der Waals surface area contributed by atoms with E-state index in [0.29, 0.717) is 4.90 Å². The van der Waals surface area contributed by atoms with E-state index in [-0.39, 0.29) is 0 Å². The van der Waals surface area contributed by atoms with Crippen molar-refractivity contribution in [2.45, 2.75) is 11.8 Å². The molecule has 0 N–H and O–H groups in total. The maximum atomic E-state index is 11.7. The van der Waals surface area contributed by atoms with Crippen LogP contribution in [0.2, 0.25) is 0 Å². The van der Waals surface area contributed by atoms with Gasteiger partial charge < -0.3 is 4.18 Å². The minimum Gasteiger partial charge on any atom is -0.342 e. The molecular weight excluding hydrogens is 244 g/mol. The largest absolute Gasteiger partial charge is 0.342 e. The third kappa shape index (κ3) is 3.47. The molecule has 2 aromatic rings. The summed E-state index contributed by atoms with van der Waals surface area (Å²) in [7, 11) is 0. The Morgan fingerprint density at radius 3 is 2.33 bits per heavy atom. The van der Waals surface area contributed by atoms with Gasteiger partial charge in [-0.3, -0.25) is 0 Å². The van der Waals surface area contributed by atoms with Gasteiger partial charge in [0.25, 0.3) is 0 Å². The lowest BCUT2D eigenvalue weighted by molar-refractivity contribution is 0.536. The first-order chi connectivity index (χ1) is 8.75. The summed E-state index contributed by atoms with van der Waals surface area (Å²) in [6, 6.07) is 16.8. The number of aryl methyl sites for hydroxylation is 1. The van der Waals surface area contributed by atoms with E-state index in [4.69, 9.17) is 4.18 Å². The van der Waals surface area contributed by atoms with E-state index >= 15 is 0 Å². The Balaban J connectivity index is 2.01. The molecule has 0 aliphatic rings. The molecule has 1 unspecified atom stereocenters. The van der Waals surface area contributed by atoms with Crippen molar-refractivity contribution in [1.29, 1.82) is 0 Å². The predicted molar refractivity (Wildman–Crippen MR) is 72.0 cm³/mol. The van der Waals surface area contributed by atoms with Gasteiger partial charge in [-0.15, -0.1) is 0 Å². The molecule has 0 spiro atoms. The van der Waals surface area contributed by atoms with Crippen molar-refractivity contribution in [3.05, 3.63) is 65.7 Å². The van der Waals surface area contributed by atoms with E-state index in [1.165, 1.54) is 0 Å². The Morgan fingerprint density at radius 2 is 1.67 bits per heavy atom. The second-order valence-corrected chi connectivity index (χ2v) is 4.83. The van der Waals surface area contributed by atoms with Gasteiger partial charge in [0, 0.05) is 5.56 Å². The van der Waals surface area contributed by atoms with Crippen molar-refractivity contribution in [1.82, 2.24) is 0 Å². The third-order valence-corrected chi connectivity index (χ3v) is 3.19. The normalized spacial score (nSPS) is 11.2. The summed E-state index contributed by atoms with van der Waals surface area (Å²) in [6.07, 6.45) is 2.46. The first kappa shape index (κ1) is 12.4. The number of rotatable bonds is 2. The summed E-state index contributed by atoms with van der Waals surface area (Å²) in [6.45, 7) is 1.97. The van der Waals surface area contributed by atoms with E-state index in [1.54, 1.807) is 12.1 Å². The van der Waals surface area contributed by atoms with Crippen molar-refractivity contribution < 1.29 is 8.39 Å². The lowest BCUT2D eigenvalue weighted by Crippen LogP contribution is -1.92. The molecule has 0 aromatic heterocycles. The van der Waals surface area contributed by atoms with Crippen LogP contribution in [0.15, 0.2) is 59.5 Å². The molecule has 2 aromatic carbocycles. The Bertz CT molecular complexity index is 592. The number of hydrogen-bond donors (Lipinski definition) is 0. The average molecular weight is 256 g/mol. The molecule has 0 saturated carbocycles. The molecule has 2 nitrogen and oxygen atoms in total. The van der Waals surface area contributed by atoms with Gasteiger partial charge in [-0.25, -0.2) is 4.21 Å². The smallest absolute Gasteiger partial charge is 0.249 e. The summed E-state index contributed by atoms with van der Waals surface area (Å²) in [5.74, 6) is 2.79. The molecule has 0 saturated heterocycles. The van der Waals surface area contributed by atoms with E-state index in [0.717, 1.165) is 11.1 Å². The lowest BCUT2D eigenvalue weighted by Gasteiger charge is -1.98. The summed E-state index contributed by atoms with van der Waals surface area (Å²) in [5, 5.41) is 0. The van der Waals surface area contributed by atoms with Crippen LogP contribution in [-0.4, -0.2) is 4.21 Å². The van der Waals surface area contributed by atoms with Crippen LogP contribution in [0.4, 0.5) is 0 Å². The summed E-state index contributed by atoms with van der Waals surface area (Å²) >= 11 is -1.54. The first-order valence-corrected chi connectivity index (χ1v) is 6.55. The Labute approximate surface area is 109 Å². The quantitative estimate of drug-likeness (QED) is 0.772. The zero-order valence-electron chi connectivity index (χ0n) is 9.92. The van der Waals surface area contributed by atoms with Gasteiger partial charge in [0.05, 0.1) is 4.90 Å². The highest BCUT2D eigenvalue weighted by molar-refractivity contribution is 7.80. The van der Waals surface area contributed by atoms with Crippen LogP contribution in [0.1, 0.15) is 11.1 Å². The molecule has 0 aliphatic carbocycles. The average Bonchev–Trinajstić information content (AvgIpc) is 2.40. The van der Waals surface area contributed by atoms with Crippen LogP contribution >= 0.6 is 0 Å². The molecule has 0 fully saturated rings. The fourth-order valence-corrected chi connectivity index (χ4v) is 1.91. The molecular formula is C15H12O2S. The summed E-state index contributed by atoms with van der Waals surface area (Å²) < 4.78 is 16.7. The second-order valence-electron chi connectivity index (χ2n) is 3.72. The fourth-order valence-electron chi connectivity index (χ4n) is 1.34. The molecule has 0 heterocycles. The third-order valence-electron chi connectivity index (χ3n) is 2.30. The molecule has 1 atom stereocenters. The molecule has 0 amide bonds. The molecule has 0 bridgehead atoms. The van der Waals surface area contributed by atoms with Gasteiger partial charge in [0.15, 0.2) is 0 Å². The Kier molecular flexibility index (Phi) is 4.16. The van der Waals surface area contributed by atoms with Gasteiger partial charge in [-0.2, -0.15) is 0 Å². The van der Waals surface area contributed by atoms with Crippen molar-refractivity contribution in [3.63, 3.8) is 0 Å². The highest BCUT2D eigenvalue weighted by Gasteiger charge is 2.02. The van der Waals surface area contributed by atoms with Crippen molar-refractivity contribution in [2.24, 2.45) is 0 Å². The van der Waals surface area contributed by atoms with Crippen molar-refractivity contribution in [2.75, 3.05) is 0 Å². The zero-order valence-corrected chi connectivity index (χ0v) is 10.7. The van der Waals surface area contributed by atoms with E-state index in [1.807, 2.05) is 49.4 Å². The van der Waals surface area contributed by atoms with Crippen LogP contribution in [0.3, 0.4) is 0 Å².